The van der Waals surface area contributed by atoms with Gasteiger partial charge in [-0.05, 0) is 43.7 Å². The Balaban J connectivity index is 1.67. The van der Waals surface area contributed by atoms with Crippen LogP contribution in [0.15, 0.2) is 48.8 Å². The second-order valence-corrected chi connectivity index (χ2v) is 6.51. The Labute approximate surface area is 164 Å². The molecular weight excluding hydrogens is 356 g/mol. The number of rotatable bonds is 8. The third-order valence-electron chi connectivity index (χ3n) is 4.24. The van der Waals surface area contributed by atoms with Gasteiger partial charge in [-0.25, -0.2) is 0 Å². The van der Waals surface area contributed by atoms with E-state index < -0.39 is 0 Å². The van der Waals surface area contributed by atoms with Gasteiger partial charge < -0.3 is 14.8 Å². The minimum absolute atomic E-state index is 0.155. The highest BCUT2D eigenvalue weighted by Gasteiger charge is 2.15. The second kappa shape index (κ2) is 9.14. The van der Waals surface area contributed by atoms with Crippen LogP contribution in [0.2, 0.25) is 0 Å². The van der Waals surface area contributed by atoms with Gasteiger partial charge in [0.2, 0.25) is 0 Å². The van der Waals surface area contributed by atoms with E-state index in [0.29, 0.717) is 24.5 Å². The summed E-state index contributed by atoms with van der Waals surface area (Å²) in [5.74, 6) is 0.519. The van der Waals surface area contributed by atoms with Crippen LogP contribution in [0, 0.1) is 6.92 Å². The Kier molecular flexibility index (Phi) is 6.39. The molecule has 146 valence electrons. The summed E-state index contributed by atoms with van der Waals surface area (Å²) in [5.41, 5.74) is 4.21. The Morgan fingerprint density at radius 3 is 2.89 bits per heavy atom. The molecule has 0 unspecified atom stereocenters. The summed E-state index contributed by atoms with van der Waals surface area (Å²) in [6.07, 6.45) is 3.15. The lowest BCUT2D eigenvalue weighted by Crippen LogP contribution is -2.33. The minimum atomic E-state index is -0.180. The van der Waals surface area contributed by atoms with Crippen molar-refractivity contribution in [2.45, 2.75) is 26.6 Å². The number of carbonyl (C=O) groups is 1. The summed E-state index contributed by atoms with van der Waals surface area (Å²) < 4.78 is 11.0. The highest BCUT2D eigenvalue weighted by atomic mass is 16.5. The lowest BCUT2D eigenvalue weighted by Gasteiger charge is -2.15. The van der Waals surface area contributed by atoms with Gasteiger partial charge in [-0.2, -0.15) is 5.10 Å². The Morgan fingerprint density at radius 1 is 1.29 bits per heavy atom. The van der Waals surface area contributed by atoms with Crippen molar-refractivity contribution in [3.8, 4) is 16.9 Å². The molecule has 3 rings (SSSR count). The van der Waals surface area contributed by atoms with Crippen molar-refractivity contribution >= 4 is 5.91 Å². The average molecular weight is 380 g/mol. The van der Waals surface area contributed by atoms with Crippen molar-refractivity contribution < 1.29 is 14.3 Å². The van der Waals surface area contributed by atoms with Crippen LogP contribution >= 0.6 is 0 Å². The molecule has 1 atom stereocenters. The molecule has 2 heterocycles. The van der Waals surface area contributed by atoms with Gasteiger partial charge in [-0.3, -0.25) is 14.9 Å². The van der Waals surface area contributed by atoms with Crippen LogP contribution in [0.25, 0.3) is 11.1 Å². The molecule has 3 aromatic rings. The van der Waals surface area contributed by atoms with Crippen LogP contribution in [0.5, 0.6) is 5.75 Å². The minimum Gasteiger partial charge on any atom is -0.487 e. The predicted molar refractivity (Wildman–Crippen MR) is 106 cm³/mol. The molecule has 0 aliphatic heterocycles. The average Bonchev–Trinajstić information content (AvgIpc) is 3.07. The topological polar surface area (TPSA) is 89.1 Å². The molecule has 2 aromatic heterocycles. The highest BCUT2D eigenvalue weighted by molar-refractivity contribution is 5.95. The van der Waals surface area contributed by atoms with Gasteiger partial charge in [0.15, 0.2) is 0 Å². The number of nitrogens with zero attached hydrogens (tertiary/aromatic N) is 2. The summed E-state index contributed by atoms with van der Waals surface area (Å²) in [5, 5.41) is 10.2. The lowest BCUT2D eigenvalue weighted by atomic mass is 10.0. The zero-order valence-corrected chi connectivity index (χ0v) is 16.2. The Bertz CT molecular complexity index is 924. The van der Waals surface area contributed by atoms with Crippen molar-refractivity contribution in [3.05, 3.63) is 65.7 Å². The van der Waals surface area contributed by atoms with E-state index in [1.807, 2.05) is 44.2 Å². The van der Waals surface area contributed by atoms with Crippen molar-refractivity contribution in [3.63, 3.8) is 0 Å². The first-order chi connectivity index (χ1) is 13.6. The number of aromatic nitrogens is 3. The number of nitrogens with one attached hydrogen (secondary N) is 2. The molecule has 28 heavy (non-hydrogen) atoms. The smallest absolute Gasteiger partial charge is 0.251 e. The van der Waals surface area contributed by atoms with E-state index in [1.165, 1.54) is 0 Å². The number of H-pyrrole nitrogens is 1. The van der Waals surface area contributed by atoms with E-state index in [4.69, 9.17) is 9.47 Å². The van der Waals surface area contributed by atoms with Crippen molar-refractivity contribution in [2.24, 2.45) is 0 Å². The number of benzene rings is 1. The molecule has 0 aliphatic rings. The molecule has 1 aromatic carbocycles. The van der Waals surface area contributed by atoms with Crippen LogP contribution in [0.3, 0.4) is 0 Å². The number of methoxy groups -OCH3 is 1. The van der Waals surface area contributed by atoms with Gasteiger partial charge in [-0.1, -0.05) is 12.1 Å². The van der Waals surface area contributed by atoms with Crippen LogP contribution in [0.1, 0.15) is 28.7 Å². The number of hydrogen-bond donors (Lipinski definition) is 2. The summed E-state index contributed by atoms with van der Waals surface area (Å²) in [6, 6.07) is 11.1. The van der Waals surface area contributed by atoms with Crippen LogP contribution < -0.4 is 10.1 Å². The third-order valence-corrected chi connectivity index (χ3v) is 4.24. The van der Waals surface area contributed by atoms with Gasteiger partial charge in [0.25, 0.3) is 5.91 Å². The maximum Gasteiger partial charge on any atom is 0.251 e. The maximum atomic E-state index is 12.6. The Hall–Kier alpha value is -3.19. The molecule has 0 saturated heterocycles. The molecule has 0 saturated carbocycles. The summed E-state index contributed by atoms with van der Waals surface area (Å²) >= 11 is 0. The fourth-order valence-electron chi connectivity index (χ4n) is 2.95. The molecule has 0 aliphatic carbocycles. The van der Waals surface area contributed by atoms with Gasteiger partial charge >= 0.3 is 0 Å². The Morgan fingerprint density at radius 2 is 2.14 bits per heavy atom. The van der Waals surface area contributed by atoms with Gasteiger partial charge in [0.1, 0.15) is 11.9 Å². The number of pyridine rings is 1. The lowest BCUT2D eigenvalue weighted by molar-refractivity contribution is 0.0932. The van der Waals surface area contributed by atoms with Gasteiger partial charge in [-0.15, -0.1) is 0 Å². The first-order valence-electron chi connectivity index (χ1n) is 9.06. The van der Waals surface area contributed by atoms with Crippen molar-refractivity contribution in [1.82, 2.24) is 20.5 Å². The standard InChI is InChI=1S/C21H24N4O3/c1-14(28-18-8-5-9-22-12-18)11-23-21(26)17-7-4-6-16(10-17)20-15(2)24-25-19(20)13-27-3/h4-10,12,14H,11,13H2,1-3H3,(H,23,26)(H,24,25)/t14-/m1/s1. The van der Waals surface area contributed by atoms with E-state index in [2.05, 4.69) is 20.5 Å². The highest BCUT2D eigenvalue weighted by Crippen LogP contribution is 2.27. The van der Waals surface area contributed by atoms with Crippen LogP contribution in [-0.2, 0) is 11.3 Å². The molecule has 1 amide bonds. The third kappa shape index (κ3) is 4.75. The van der Waals surface area contributed by atoms with E-state index in [0.717, 1.165) is 22.5 Å². The monoisotopic (exact) mass is 380 g/mol. The van der Waals surface area contributed by atoms with E-state index in [-0.39, 0.29) is 12.0 Å². The molecule has 7 nitrogen and oxygen atoms in total. The fraction of sp³-hybridized carbons (Fsp3) is 0.286. The number of carbonyl (C=O) groups excluding carboxylic acids is 1. The number of hydrogen-bond acceptors (Lipinski definition) is 5. The van der Waals surface area contributed by atoms with Crippen molar-refractivity contribution in [2.75, 3.05) is 13.7 Å². The van der Waals surface area contributed by atoms with Crippen LogP contribution in [0.4, 0.5) is 0 Å². The summed E-state index contributed by atoms with van der Waals surface area (Å²) in [6.45, 7) is 4.64. The molecule has 2 N–H and O–H groups in total. The summed E-state index contributed by atoms with van der Waals surface area (Å²) in [7, 11) is 1.63. The first-order valence-corrected chi connectivity index (χ1v) is 9.06. The zero-order chi connectivity index (χ0) is 19.9. The van der Waals surface area contributed by atoms with E-state index >= 15 is 0 Å². The molecule has 7 heteroatoms. The largest absolute Gasteiger partial charge is 0.487 e. The molecular formula is C21H24N4O3. The fourth-order valence-corrected chi connectivity index (χ4v) is 2.95. The molecule has 0 radical (unpaired) electrons. The number of aryl methyl sites for hydroxylation is 1. The van der Waals surface area contributed by atoms with E-state index in [1.54, 1.807) is 25.6 Å². The SMILES string of the molecule is COCc1n[nH]c(C)c1-c1cccc(C(=O)NC[C@@H](C)Oc2cccnc2)c1. The number of ether oxygens (including phenoxy) is 2. The van der Waals surface area contributed by atoms with Crippen molar-refractivity contribution in [1.29, 1.82) is 0 Å². The molecule has 0 bridgehead atoms. The zero-order valence-electron chi connectivity index (χ0n) is 16.2. The second-order valence-electron chi connectivity index (χ2n) is 6.51. The number of aromatic amines is 1. The summed E-state index contributed by atoms with van der Waals surface area (Å²) in [4.78, 5) is 16.6. The maximum absolute atomic E-state index is 12.6. The normalized spacial score (nSPS) is 11.8. The van der Waals surface area contributed by atoms with E-state index in [9.17, 15) is 4.79 Å². The molecule has 0 spiro atoms. The number of amides is 1. The predicted octanol–water partition coefficient (Wildman–Crippen LogP) is 3.12. The van der Waals surface area contributed by atoms with Gasteiger partial charge in [0, 0.05) is 30.1 Å². The first kappa shape index (κ1) is 19.6. The quantitative estimate of drug-likeness (QED) is 0.627. The van der Waals surface area contributed by atoms with Crippen LogP contribution in [-0.4, -0.2) is 40.8 Å². The molecule has 0 fully saturated rings. The van der Waals surface area contributed by atoms with Gasteiger partial charge in [0.05, 0.1) is 25.0 Å².